The van der Waals surface area contributed by atoms with Crippen LogP contribution in [0.25, 0.3) is 10.9 Å². The number of rotatable bonds is 9. The molecule has 1 heterocycles. The minimum absolute atomic E-state index is 0.0670. The molecule has 0 fully saturated rings. The zero-order valence-corrected chi connectivity index (χ0v) is 20.2. The number of para-hydroxylation sites is 1. The lowest BCUT2D eigenvalue weighted by atomic mass is 9.80. The van der Waals surface area contributed by atoms with E-state index in [2.05, 4.69) is 4.98 Å². The van der Waals surface area contributed by atoms with E-state index in [4.69, 9.17) is 9.47 Å². The first-order valence-electron chi connectivity index (χ1n) is 12.2. The lowest BCUT2D eigenvalue weighted by Gasteiger charge is -2.25. The van der Waals surface area contributed by atoms with Crippen molar-refractivity contribution in [2.45, 2.75) is 19.1 Å². The quantitative estimate of drug-likeness (QED) is 0.192. The first-order valence-corrected chi connectivity index (χ1v) is 12.2. The molecule has 0 saturated carbocycles. The number of carbonyl (C=O) groups is 2. The molecular formula is C32H27NO4. The molecule has 1 atom stereocenters. The van der Waals surface area contributed by atoms with E-state index >= 15 is 0 Å². The van der Waals surface area contributed by atoms with E-state index in [0.717, 1.165) is 33.2 Å². The minimum atomic E-state index is -1.20. The highest BCUT2D eigenvalue weighted by Gasteiger charge is 2.40. The molecule has 0 saturated heterocycles. The van der Waals surface area contributed by atoms with Crippen LogP contribution in [0.5, 0.6) is 0 Å². The van der Waals surface area contributed by atoms with Gasteiger partial charge < -0.3 is 14.5 Å². The zero-order chi connectivity index (χ0) is 25.5. The van der Waals surface area contributed by atoms with E-state index in [0.29, 0.717) is 0 Å². The Bertz CT molecular complexity index is 1410. The van der Waals surface area contributed by atoms with Crippen LogP contribution in [0.2, 0.25) is 0 Å². The van der Waals surface area contributed by atoms with Gasteiger partial charge in [0.1, 0.15) is 13.2 Å². The molecule has 37 heavy (non-hydrogen) atoms. The van der Waals surface area contributed by atoms with Gasteiger partial charge in [-0.1, -0.05) is 109 Å². The molecule has 0 spiro atoms. The number of esters is 2. The second-order valence-corrected chi connectivity index (χ2v) is 8.84. The monoisotopic (exact) mass is 489 g/mol. The molecule has 5 nitrogen and oxygen atoms in total. The van der Waals surface area contributed by atoms with Gasteiger partial charge in [-0.15, -0.1) is 0 Å². The van der Waals surface area contributed by atoms with Crippen molar-refractivity contribution in [1.29, 1.82) is 0 Å². The fourth-order valence-electron chi connectivity index (χ4n) is 4.57. The number of fused-ring (bicyclic) bond motifs is 1. The Kier molecular flexibility index (Phi) is 7.42. The topological polar surface area (TPSA) is 68.4 Å². The standard InChI is InChI=1S/C32H27NO4/c34-31(36-21-23-12-4-1-5-13-23)30(32(35)37-22-24-14-6-2-7-15-24)29(25-16-8-3-9-17-25)27-20-33-28-19-11-10-18-26(27)28/h1-20,29-30,33H,21-22H2. The van der Waals surface area contributed by atoms with Crippen molar-refractivity contribution in [1.82, 2.24) is 4.98 Å². The smallest absolute Gasteiger partial charge is 0.321 e. The van der Waals surface area contributed by atoms with Gasteiger partial charge in [0.25, 0.3) is 0 Å². The largest absolute Gasteiger partial charge is 0.460 e. The number of benzene rings is 4. The van der Waals surface area contributed by atoms with Gasteiger partial charge in [-0.25, -0.2) is 0 Å². The van der Waals surface area contributed by atoms with Crippen LogP contribution in [0.3, 0.4) is 0 Å². The third-order valence-electron chi connectivity index (χ3n) is 6.40. The van der Waals surface area contributed by atoms with Crippen LogP contribution in [0.4, 0.5) is 0 Å². The van der Waals surface area contributed by atoms with E-state index in [1.807, 2.05) is 121 Å². The highest BCUT2D eigenvalue weighted by atomic mass is 16.6. The molecular weight excluding hydrogens is 462 g/mol. The number of hydrogen-bond donors (Lipinski definition) is 1. The lowest BCUT2D eigenvalue weighted by Crippen LogP contribution is -2.34. The number of H-pyrrole nitrogens is 1. The Balaban J connectivity index is 1.53. The minimum Gasteiger partial charge on any atom is -0.460 e. The van der Waals surface area contributed by atoms with Crippen molar-refractivity contribution < 1.29 is 19.1 Å². The molecule has 5 heteroatoms. The number of nitrogens with one attached hydrogen (secondary N) is 1. The van der Waals surface area contributed by atoms with Crippen molar-refractivity contribution in [3.63, 3.8) is 0 Å². The predicted molar refractivity (Wildman–Crippen MR) is 143 cm³/mol. The Morgan fingerprint density at radius 3 is 1.68 bits per heavy atom. The Morgan fingerprint density at radius 2 is 1.11 bits per heavy atom. The number of aromatic nitrogens is 1. The van der Waals surface area contributed by atoms with Crippen LogP contribution >= 0.6 is 0 Å². The summed E-state index contributed by atoms with van der Waals surface area (Å²) >= 11 is 0. The average molecular weight is 490 g/mol. The third-order valence-corrected chi connectivity index (χ3v) is 6.40. The fraction of sp³-hybridized carbons (Fsp3) is 0.125. The maximum Gasteiger partial charge on any atom is 0.321 e. The number of aromatic amines is 1. The molecule has 0 aliphatic heterocycles. The van der Waals surface area contributed by atoms with E-state index in [9.17, 15) is 9.59 Å². The summed E-state index contributed by atoms with van der Waals surface area (Å²) in [6.07, 6.45) is 1.87. The van der Waals surface area contributed by atoms with Crippen molar-refractivity contribution in [3.8, 4) is 0 Å². The van der Waals surface area contributed by atoms with Gasteiger partial charge in [-0.2, -0.15) is 0 Å². The van der Waals surface area contributed by atoms with Crippen LogP contribution in [0.1, 0.15) is 28.2 Å². The van der Waals surface area contributed by atoms with Gasteiger partial charge >= 0.3 is 11.9 Å². The summed E-state index contributed by atoms with van der Waals surface area (Å²) in [4.78, 5) is 30.6. The normalized spacial score (nSPS) is 11.8. The SMILES string of the molecule is O=C(OCc1ccccc1)C(C(=O)OCc1ccccc1)C(c1ccccc1)c1c[nH]c2ccccc12. The second-order valence-electron chi connectivity index (χ2n) is 8.84. The second kappa shape index (κ2) is 11.4. The molecule has 0 radical (unpaired) electrons. The molecule has 1 N–H and O–H groups in total. The molecule has 5 rings (SSSR count). The summed E-state index contributed by atoms with van der Waals surface area (Å²) in [5, 5.41) is 0.938. The molecule has 0 aliphatic carbocycles. The van der Waals surface area contributed by atoms with E-state index in [-0.39, 0.29) is 13.2 Å². The van der Waals surface area contributed by atoms with Gasteiger partial charge in [0.15, 0.2) is 5.92 Å². The average Bonchev–Trinajstić information content (AvgIpc) is 3.38. The molecule has 0 aliphatic rings. The summed E-state index contributed by atoms with van der Waals surface area (Å²) in [5.41, 5.74) is 4.27. The summed E-state index contributed by atoms with van der Waals surface area (Å²) in [6.45, 7) is 0.134. The van der Waals surface area contributed by atoms with Crippen LogP contribution in [0, 0.1) is 5.92 Å². The Morgan fingerprint density at radius 1 is 0.622 bits per heavy atom. The van der Waals surface area contributed by atoms with Gasteiger partial charge in [0.05, 0.1) is 0 Å². The molecule has 5 aromatic rings. The summed E-state index contributed by atoms with van der Waals surface area (Å²) in [7, 11) is 0. The summed E-state index contributed by atoms with van der Waals surface area (Å²) in [6, 6.07) is 36.3. The van der Waals surface area contributed by atoms with Crippen molar-refractivity contribution in [3.05, 3.63) is 144 Å². The number of carbonyl (C=O) groups excluding carboxylic acids is 2. The molecule has 184 valence electrons. The predicted octanol–water partition coefficient (Wildman–Crippen LogP) is 6.40. The van der Waals surface area contributed by atoms with Gasteiger partial charge in [-0.05, 0) is 28.3 Å². The van der Waals surface area contributed by atoms with Crippen molar-refractivity contribution >= 4 is 22.8 Å². The van der Waals surface area contributed by atoms with Crippen LogP contribution in [0.15, 0.2) is 121 Å². The summed E-state index contributed by atoms with van der Waals surface area (Å²) in [5.74, 6) is -3.06. The highest BCUT2D eigenvalue weighted by Crippen LogP contribution is 2.38. The lowest BCUT2D eigenvalue weighted by molar-refractivity contribution is -0.164. The highest BCUT2D eigenvalue weighted by molar-refractivity contribution is 5.98. The molecule has 1 unspecified atom stereocenters. The fourth-order valence-corrected chi connectivity index (χ4v) is 4.57. The molecule has 0 amide bonds. The van der Waals surface area contributed by atoms with E-state index < -0.39 is 23.8 Å². The van der Waals surface area contributed by atoms with Crippen LogP contribution in [-0.2, 0) is 32.3 Å². The molecule has 4 aromatic carbocycles. The third kappa shape index (κ3) is 5.62. The first kappa shape index (κ1) is 24.1. The Hall–Kier alpha value is -4.64. The van der Waals surface area contributed by atoms with Crippen molar-refractivity contribution in [2.24, 2.45) is 5.92 Å². The zero-order valence-electron chi connectivity index (χ0n) is 20.2. The molecule has 0 bridgehead atoms. The van der Waals surface area contributed by atoms with Gasteiger partial charge in [-0.3, -0.25) is 9.59 Å². The summed E-state index contributed by atoms with van der Waals surface area (Å²) < 4.78 is 11.5. The van der Waals surface area contributed by atoms with Gasteiger partial charge in [0, 0.05) is 23.0 Å². The van der Waals surface area contributed by atoms with Crippen LogP contribution < -0.4 is 0 Å². The number of ether oxygens (including phenoxy) is 2. The first-order chi connectivity index (χ1) is 18.2. The van der Waals surface area contributed by atoms with Gasteiger partial charge in [0.2, 0.25) is 0 Å². The number of hydrogen-bond acceptors (Lipinski definition) is 4. The van der Waals surface area contributed by atoms with Crippen molar-refractivity contribution in [2.75, 3.05) is 0 Å². The maximum absolute atomic E-state index is 13.7. The molecule has 1 aromatic heterocycles. The van der Waals surface area contributed by atoms with E-state index in [1.165, 1.54) is 0 Å². The maximum atomic E-state index is 13.7. The van der Waals surface area contributed by atoms with E-state index in [1.54, 1.807) is 0 Å². The van der Waals surface area contributed by atoms with Crippen LogP contribution in [-0.4, -0.2) is 16.9 Å². The Labute approximate surface area is 215 Å².